The van der Waals surface area contributed by atoms with Crippen LogP contribution < -0.4 is 21.7 Å². The minimum atomic E-state index is -0.556. The fourth-order valence-corrected chi connectivity index (χ4v) is 2.38. The third-order valence-electron chi connectivity index (χ3n) is 3.69. The lowest BCUT2D eigenvalue weighted by atomic mass is 9.92. The molecule has 120 valence electrons. The minimum Gasteiger partial charge on any atom is -0.381 e. The van der Waals surface area contributed by atoms with Crippen LogP contribution in [0.1, 0.15) is 12.8 Å². The molecule has 7 nitrogen and oxygen atoms in total. The van der Waals surface area contributed by atoms with E-state index in [4.69, 9.17) is 10.5 Å². The van der Waals surface area contributed by atoms with E-state index < -0.39 is 6.04 Å². The molecule has 22 heavy (non-hydrogen) atoms. The number of nitrogens with one attached hydrogen (secondary N) is 3. The zero-order valence-corrected chi connectivity index (χ0v) is 12.6. The number of urea groups is 1. The highest BCUT2D eigenvalue weighted by molar-refractivity contribution is 5.96. The van der Waals surface area contributed by atoms with Gasteiger partial charge in [0.1, 0.15) is 0 Å². The molecule has 0 aliphatic carbocycles. The van der Waals surface area contributed by atoms with Crippen molar-refractivity contribution < 1.29 is 14.3 Å². The van der Waals surface area contributed by atoms with Crippen molar-refractivity contribution in [3.63, 3.8) is 0 Å². The first kappa shape index (κ1) is 16.3. The molecule has 0 aromatic heterocycles. The molecule has 0 spiro atoms. The van der Waals surface area contributed by atoms with Crippen molar-refractivity contribution >= 4 is 23.3 Å². The van der Waals surface area contributed by atoms with Gasteiger partial charge in [0.2, 0.25) is 5.91 Å². The minimum absolute atomic E-state index is 0.140. The van der Waals surface area contributed by atoms with E-state index in [1.165, 1.54) is 7.05 Å². The van der Waals surface area contributed by atoms with E-state index in [1.54, 1.807) is 24.3 Å². The van der Waals surface area contributed by atoms with Gasteiger partial charge in [0.25, 0.3) is 0 Å². The summed E-state index contributed by atoms with van der Waals surface area (Å²) in [5, 5.41) is 7.91. The number of carbonyl (C=O) groups is 2. The molecule has 1 saturated heterocycles. The number of nitrogens with two attached hydrogens (primary N) is 1. The fourth-order valence-electron chi connectivity index (χ4n) is 2.38. The molecule has 1 fully saturated rings. The van der Waals surface area contributed by atoms with Crippen LogP contribution in [-0.4, -0.2) is 38.2 Å². The second-order valence-electron chi connectivity index (χ2n) is 5.25. The Hall–Kier alpha value is -2.12. The molecule has 0 bridgehead atoms. The molecule has 1 heterocycles. The number of benzene rings is 1. The molecule has 1 aromatic rings. The van der Waals surface area contributed by atoms with E-state index in [9.17, 15) is 9.59 Å². The van der Waals surface area contributed by atoms with E-state index in [-0.39, 0.29) is 17.9 Å². The van der Waals surface area contributed by atoms with Crippen molar-refractivity contribution in [3.05, 3.63) is 24.3 Å². The Labute approximate surface area is 129 Å². The lowest BCUT2D eigenvalue weighted by molar-refractivity contribution is -0.119. The van der Waals surface area contributed by atoms with Gasteiger partial charge in [-0.15, -0.1) is 0 Å². The van der Waals surface area contributed by atoms with Crippen LogP contribution in [0.15, 0.2) is 24.3 Å². The van der Waals surface area contributed by atoms with E-state index in [0.29, 0.717) is 24.6 Å². The standard InChI is InChI=1S/C15H22N4O3/c1-17-15(21)19-12-4-2-3-11(9-12)18-14(20)13(16)10-5-7-22-8-6-10/h2-4,9-10,13H,5-8,16H2,1H3,(H,18,20)(H2,17,19,21). The van der Waals surface area contributed by atoms with Crippen LogP contribution >= 0.6 is 0 Å². The fraction of sp³-hybridized carbons (Fsp3) is 0.467. The predicted octanol–water partition coefficient (Wildman–Crippen LogP) is 1.13. The summed E-state index contributed by atoms with van der Waals surface area (Å²) in [7, 11) is 1.54. The summed E-state index contributed by atoms with van der Waals surface area (Å²) in [5.41, 5.74) is 7.23. The Bertz CT molecular complexity index is 529. The van der Waals surface area contributed by atoms with Crippen molar-refractivity contribution in [2.45, 2.75) is 18.9 Å². The van der Waals surface area contributed by atoms with Crippen LogP contribution in [-0.2, 0) is 9.53 Å². The van der Waals surface area contributed by atoms with E-state index in [0.717, 1.165) is 12.8 Å². The number of amides is 3. The molecule has 5 N–H and O–H groups in total. The number of ether oxygens (including phenoxy) is 1. The molecule has 1 unspecified atom stereocenters. The van der Waals surface area contributed by atoms with E-state index >= 15 is 0 Å². The molecule has 3 amide bonds. The Morgan fingerprint density at radius 1 is 1.23 bits per heavy atom. The summed E-state index contributed by atoms with van der Waals surface area (Å²) >= 11 is 0. The van der Waals surface area contributed by atoms with Gasteiger partial charge < -0.3 is 26.4 Å². The Morgan fingerprint density at radius 3 is 2.50 bits per heavy atom. The summed E-state index contributed by atoms with van der Waals surface area (Å²) in [6.07, 6.45) is 1.60. The summed E-state index contributed by atoms with van der Waals surface area (Å²) in [6, 6.07) is 6.05. The average molecular weight is 306 g/mol. The first-order valence-electron chi connectivity index (χ1n) is 7.33. The third kappa shape index (κ3) is 4.44. The van der Waals surface area contributed by atoms with Gasteiger partial charge in [-0.3, -0.25) is 4.79 Å². The maximum Gasteiger partial charge on any atom is 0.318 e. The van der Waals surface area contributed by atoms with Crippen LogP contribution in [0.4, 0.5) is 16.2 Å². The predicted molar refractivity (Wildman–Crippen MR) is 84.7 cm³/mol. The number of hydrogen-bond donors (Lipinski definition) is 4. The maximum absolute atomic E-state index is 12.2. The molecule has 1 atom stereocenters. The largest absolute Gasteiger partial charge is 0.381 e. The molecule has 1 aromatic carbocycles. The molecule has 0 saturated carbocycles. The Balaban J connectivity index is 1.95. The maximum atomic E-state index is 12.2. The van der Waals surface area contributed by atoms with Crippen molar-refractivity contribution in [2.75, 3.05) is 30.9 Å². The molecule has 0 radical (unpaired) electrons. The molecule has 1 aliphatic rings. The zero-order chi connectivity index (χ0) is 15.9. The highest BCUT2D eigenvalue weighted by atomic mass is 16.5. The number of anilines is 2. The van der Waals surface area contributed by atoms with E-state index in [2.05, 4.69) is 16.0 Å². The smallest absolute Gasteiger partial charge is 0.318 e. The molecule has 7 heteroatoms. The first-order chi connectivity index (χ1) is 10.6. The quantitative estimate of drug-likeness (QED) is 0.669. The summed E-state index contributed by atoms with van der Waals surface area (Å²) in [5.74, 6) is -0.0788. The van der Waals surface area contributed by atoms with Gasteiger partial charge in [0.05, 0.1) is 6.04 Å². The Kier molecular flexibility index (Phi) is 5.74. The second-order valence-corrected chi connectivity index (χ2v) is 5.25. The molecule has 1 aliphatic heterocycles. The van der Waals surface area contributed by atoms with Gasteiger partial charge in [-0.25, -0.2) is 4.79 Å². The van der Waals surface area contributed by atoms with Gasteiger partial charge in [-0.1, -0.05) is 6.07 Å². The highest BCUT2D eigenvalue weighted by Gasteiger charge is 2.26. The lowest BCUT2D eigenvalue weighted by Gasteiger charge is -2.26. The summed E-state index contributed by atoms with van der Waals surface area (Å²) < 4.78 is 5.28. The van der Waals surface area contributed by atoms with Crippen LogP contribution in [0.5, 0.6) is 0 Å². The Morgan fingerprint density at radius 2 is 1.86 bits per heavy atom. The monoisotopic (exact) mass is 306 g/mol. The second kappa shape index (κ2) is 7.77. The summed E-state index contributed by atoms with van der Waals surface area (Å²) in [4.78, 5) is 23.5. The molecule has 2 rings (SSSR count). The SMILES string of the molecule is CNC(=O)Nc1cccc(NC(=O)C(N)C2CCOCC2)c1. The van der Waals surface area contributed by atoms with Crippen molar-refractivity contribution in [3.8, 4) is 0 Å². The topological polar surface area (TPSA) is 105 Å². The van der Waals surface area contributed by atoms with Gasteiger partial charge in [0.15, 0.2) is 0 Å². The van der Waals surface area contributed by atoms with Crippen molar-refractivity contribution in [1.82, 2.24) is 5.32 Å². The van der Waals surface area contributed by atoms with Crippen LogP contribution in [0, 0.1) is 5.92 Å². The summed E-state index contributed by atoms with van der Waals surface area (Å²) in [6.45, 7) is 1.30. The zero-order valence-electron chi connectivity index (χ0n) is 12.6. The van der Waals surface area contributed by atoms with Gasteiger partial charge >= 0.3 is 6.03 Å². The highest BCUT2D eigenvalue weighted by Crippen LogP contribution is 2.20. The van der Waals surface area contributed by atoms with Crippen LogP contribution in [0.2, 0.25) is 0 Å². The van der Waals surface area contributed by atoms with Crippen molar-refractivity contribution in [1.29, 1.82) is 0 Å². The third-order valence-corrected chi connectivity index (χ3v) is 3.69. The number of hydrogen-bond acceptors (Lipinski definition) is 4. The van der Waals surface area contributed by atoms with Gasteiger partial charge in [-0.05, 0) is 37.0 Å². The molecular formula is C15H22N4O3. The van der Waals surface area contributed by atoms with Gasteiger partial charge in [0, 0.05) is 31.6 Å². The first-order valence-corrected chi connectivity index (χ1v) is 7.33. The van der Waals surface area contributed by atoms with Crippen molar-refractivity contribution in [2.24, 2.45) is 11.7 Å². The van der Waals surface area contributed by atoms with Crippen LogP contribution in [0.3, 0.4) is 0 Å². The number of rotatable bonds is 4. The normalized spacial score (nSPS) is 16.6. The van der Waals surface area contributed by atoms with Gasteiger partial charge in [-0.2, -0.15) is 0 Å². The lowest BCUT2D eigenvalue weighted by Crippen LogP contribution is -2.44. The molecular weight excluding hydrogens is 284 g/mol. The van der Waals surface area contributed by atoms with E-state index in [1.807, 2.05) is 0 Å². The number of carbonyl (C=O) groups excluding carboxylic acids is 2. The van der Waals surface area contributed by atoms with Crippen LogP contribution in [0.25, 0.3) is 0 Å². The average Bonchev–Trinajstić information content (AvgIpc) is 2.55.